The molecule has 0 saturated carbocycles. The van der Waals surface area contributed by atoms with Gasteiger partial charge in [0.1, 0.15) is 0 Å². The molecule has 0 spiro atoms. The van der Waals surface area contributed by atoms with Gasteiger partial charge in [-0.3, -0.25) is 9.59 Å². The first kappa shape index (κ1) is 12.4. The Morgan fingerprint density at radius 3 is 2.72 bits per heavy atom. The molecule has 1 saturated heterocycles. The molecule has 1 fully saturated rings. The van der Waals surface area contributed by atoms with Crippen molar-refractivity contribution in [1.82, 2.24) is 4.90 Å². The first-order valence-corrected chi connectivity index (χ1v) is 5.96. The summed E-state index contributed by atoms with van der Waals surface area (Å²) < 4.78 is 0. The molecule has 18 heavy (non-hydrogen) atoms. The van der Waals surface area contributed by atoms with Crippen molar-refractivity contribution in [3.63, 3.8) is 0 Å². The van der Waals surface area contributed by atoms with Gasteiger partial charge in [0.2, 0.25) is 5.91 Å². The van der Waals surface area contributed by atoms with Gasteiger partial charge in [-0.05, 0) is 12.1 Å². The molecule has 1 heterocycles. The van der Waals surface area contributed by atoms with Crippen LogP contribution in [-0.2, 0) is 9.59 Å². The smallest absolute Gasteiger partial charge is 0.308 e. The van der Waals surface area contributed by atoms with E-state index in [1.54, 1.807) is 4.90 Å². The van der Waals surface area contributed by atoms with Gasteiger partial charge < -0.3 is 15.3 Å². The number of carboxylic acid groups (broad SMARTS) is 1. The number of amides is 1. The maximum atomic E-state index is 11.6. The molecule has 1 atom stereocenters. The standard InChI is InChI=1S/C13H16N2O3/c16-12-8-10(13(17)18)9-15(12)7-6-14-11-4-2-1-3-5-11/h1-5,10,14H,6-9H2,(H,17,18)/t10-/m1/s1. The predicted molar refractivity (Wildman–Crippen MR) is 67.3 cm³/mol. The summed E-state index contributed by atoms with van der Waals surface area (Å²) in [5.74, 6) is -1.51. The number of hydrogen-bond donors (Lipinski definition) is 2. The van der Waals surface area contributed by atoms with E-state index in [4.69, 9.17) is 5.11 Å². The Hall–Kier alpha value is -2.04. The Balaban J connectivity index is 1.78. The number of likely N-dealkylation sites (tertiary alicyclic amines) is 1. The SMILES string of the molecule is O=C(O)[C@@H]1CC(=O)N(CCNc2ccccc2)C1. The van der Waals surface area contributed by atoms with E-state index < -0.39 is 11.9 Å². The van der Waals surface area contributed by atoms with Crippen LogP contribution in [0.1, 0.15) is 6.42 Å². The van der Waals surface area contributed by atoms with Crippen LogP contribution in [0.4, 0.5) is 5.69 Å². The summed E-state index contributed by atoms with van der Waals surface area (Å²) in [4.78, 5) is 24.0. The lowest BCUT2D eigenvalue weighted by Crippen LogP contribution is -2.31. The molecule has 96 valence electrons. The summed E-state index contributed by atoms with van der Waals surface area (Å²) in [6.07, 6.45) is 0.126. The summed E-state index contributed by atoms with van der Waals surface area (Å²) in [7, 11) is 0. The monoisotopic (exact) mass is 248 g/mol. The molecule has 0 aromatic heterocycles. The highest BCUT2D eigenvalue weighted by molar-refractivity contribution is 5.86. The minimum absolute atomic E-state index is 0.0720. The van der Waals surface area contributed by atoms with Gasteiger partial charge in [-0.2, -0.15) is 0 Å². The minimum Gasteiger partial charge on any atom is -0.481 e. The zero-order chi connectivity index (χ0) is 13.0. The molecular formula is C13H16N2O3. The van der Waals surface area contributed by atoms with Crippen molar-refractivity contribution in [3.8, 4) is 0 Å². The molecule has 1 aromatic rings. The van der Waals surface area contributed by atoms with Crippen LogP contribution in [0.15, 0.2) is 30.3 Å². The molecular weight excluding hydrogens is 232 g/mol. The van der Waals surface area contributed by atoms with Crippen LogP contribution in [0.25, 0.3) is 0 Å². The van der Waals surface area contributed by atoms with Crippen molar-refractivity contribution in [3.05, 3.63) is 30.3 Å². The van der Waals surface area contributed by atoms with Crippen molar-refractivity contribution < 1.29 is 14.7 Å². The quantitative estimate of drug-likeness (QED) is 0.816. The van der Waals surface area contributed by atoms with Crippen molar-refractivity contribution in [1.29, 1.82) is 0 Å². The summed E-state index contributed by atoms with van der Waals surface area (Å²) in [6, 6.07) is 9.71. The minimum atomic E-state index is -0.887. The second kappa shape index (κ2) is 5.53. The van der Waals surface area contributed by atoms with E-state index in [-0.39, 0.29) is 12.3 Å². The van der Waals surface area contributed by atoms with Gasteiger partial charge in [-0.15, -0.1) is 0 Å². The second-order valence-electron chi connectivity index (χ2n) is 4.37. The predicted octanol–water partition coefficient (Wildman–Crippen LogP) is 1.03. The zero-order valence-corrected chi connectivity index (χ0v) is 10.0. The summed E-state index contributed by atoms with van der Waals surface area (Å²) in [5, 5.41) is 12.1. The van der Waals surface area contributed by atoms with E-state index in [1.807, 2.05) is 30.3 Å². The van der Waals surface area contributed by atoms with Gasteiger partial charge in [0, 0.05) is 31.7 Å². The molecule has 0 bridgehead atoms. The Kier molecular flexibility index (Phi) is 3.82. The molecule has 1 amide bonds. The van der Waals surface area contributed by atoms with Crippen LogP contribution in [0, 0.1) is 5.92 Å². The van der Waals surface area contributed by atoms with Gasteiger partial charge in [-0.1, -0.05) is 18.2 Å². The van der Waals surface area contributed by atoms with Crippen molar-refractivity contribution in [2.24, 2.45) is 5.92 Å². The number of anilines is 1. The van der Waals surface area contributed by atoms with Crippen LogP contribution in [0.5, 0.6) is 0 Å². The Morgan fingerprint density at radius 2 is 2.11 bits per heavy atom. The fourth-order valence-corrected chi connectivity index (χ4v) is 2.04. The van der Waals surface area contributed by atoms with E-state index >= 15 is 0 Å². The number of nitrogens with one attached hydrogen (secondary N) is 1. The van der Waals surface area contributed by atoms with Crippen molar-refractivity contribution in [2.75, 3.05) is 25.0 Å². The van der Waals surface area contributed by atoms with Crippen LogP contribution in [0.2, 0.25) is 0 Å². The van der Waals surface area contributed by atoms with Crippen LogP contribution >= 0.6 is 0 Å². The van der Waals surface area contributed by atoms with Gasteiger partial charge >= 0.3 is 5.97 Å². The molecule has 5 nitrogen and oxygen atoms in total. The van der Waals surface area contributed by atoms with Gasteiger partial charge in [0.05, 0.1) is 5.92 Å². The topological polar surface area (TPSA) is 69.6 Å². The fraction of sp³-hybridized carbons (Fsp3) is 0.385. The number of carbonyl (C=O) groups excluding carboxylic acids is 1. The third kappa shape index (κ3) is 3.00. The number of aliphatic carboxylic acids is 1. The molecule has 0 unspecified atom stereocenters. The normalized spacial score (nSPS) is 19.0. The van der Waals surface area contributed by atoms with Gasteiger partial charge in [0.25, 0.3) is 0 Å². The summed E-state index contributed by atoms with van der Waals surface area (Å²) >= 11 is 0. The average Bonchev–Trinajstić information content (AvgIpc) is 2.73. The van der Waals surface area contributed by atoms with E-state index in [9.17, 15) is 9.59 Å². The zero-order valence-electron chi connectivity index (χ0n) is 10.0. The molecule has 0 radical (unpaired) electrons. The lowest BCUT2D eigenvalue weighted by atomic mass is 10.1. The highest BCUT2D eigenvalue weighted by atomic mass is 16.4. The lowest BCUT2D eigenvalue weighted by molar-refractivity contribution is -0.141. The maximum Gasteiger partial charge on any atom is 0.308 e. The van der Waals surface area contributed by atoms with Crippen LogP contribution in [-0.4, -0.2) is 41.5 Å². The van der Waals surface area contributed by atoms with Crippen molar-refractivity contribution in [2.45, 2.75) is 6.42 Å². The Bertz CT molecular complexity index is 433. The molecule has 5 heteroatoms. The molecule has 1 aromatic carbocycles. The van der Waals surface area contributed by atoms with Crippen LogP contribution in [0.3, 0.4) is 0 Å². The number of hydrogen-bond acceptors (Lipinski definition) is 3. The number of carbonyl (C=O) groups is 2. The average molecular weight is 248 g/mol. The van der Waals surface area contributed by atoms with Gasteiger partial charge in [-0.25, -0.2) is 0 Å². The molecule has 2 N–H and O–H groups in total. The number of rotatable bonds is 5. The van der Waals surface area contributed by atoms with Gasteiger partial charge in [0.15, 0.2) is 0 Å². The van der Waals surface area contributed by atoms with Crippen LogP contribution < -0.4 is 5.32 Å². The number of para-hydroxylation sites is 1. The number of nitrogens with zero attached hydrogens (tertiary/aromatic N) is 1. The maximum absolute atomic E-state index is 11.6. The number of benzene rings is 1. The van der Waals surface area contributed by atoms with E-state index in [2.05, 4.69) is 5.32 Å². The molecule has 1 aliphatic heterocycles. The molecule has 1 aliphatic rings. The molecule has 2 rings (SSSR count). The third-order valence-electron chi connectivity index (χ3n) is 3.05. The van der Waals surface area contributed by atoms with E-state index in [1.165, 1.54) is 0 Å². The highest BCUT2D eigenvalue weighted by Gasteiger charge is 2.33. The largest absolute Gasteiger partial charge is 0.481 e. The Morgan fingerprint density at radius 1 is 1.39 bits per heavy atom. The number of carboxylic acids is 1. The first-order chi connectivity index (χ1) is 8.66. The van der Waals surface area contributed by atoms with E-state index in [0.29, 0.717) is 19.6 Å². The third-order valence-corrected chi connectivity index (χ3v) is 3.05. The highest BCUT2D eigenvalue weighted by Crippen LogP contribution is 2.17. The Labute approximate surface area is 105 Å². The summed E-state index contributed by atoms with van der Waals surface area (Å²) in [6.45, 7) is 1.49. The molecule has 0 aliphatic carbocycles. The second-order valence-corrected chi connectivity index (χ2v) is 4.37. The van der Waals surface area contributed by atoms with Crippen molar-refractivity contribution >= 4 is 17.6 Å². The first-order valence-electron chi connectivity index (χ1n) is 5.96. The van der Waals surface area contributed by atoms with E-state index in [0.717, 1.165) is 5.69 Å². The fourth-order valence-electron chi connectivity index (χ4n) is 2.04. The summed E-state index contributed by atoms with van der Waals surface area (Å²) in [5.41, 5.74) is 0.999. The lowest BCUT2D eigenvalue weighted by Gasteiger charge is -2.16.